The van der Waals surface area contributed by atoms with Crippen LogP contribution in [0.2, 0.25) is 0 Å². The number of aryl methyl sites for hydroxylation is 1. The Morgan fingerprint density at radius 2 is 2.07 bits per heavy atom. The number of aromatic nitrogens is 2. The van der Waals surface area contributed by atoms with E-state index in [-0.39, 0.29) is 36.2 Å². The number of benzene rings is 1. The highest BCUT2D eigenvalue weighted by Crippen LogP contribution is 2.20. The van der Waals surface area contributed by atoms with Gasteiger partial charge in [-0.05, 0) is 37.1 Å². The molecule has 1 N–H and O–H groups in total. The van der Waals surface area contributed by atoms with E-state index in [9.17, 15) is 19.7 Å². The third-order valence-corrected chi connectivity index (χ3v) is 4.23. The lowest BCUT2D eigenvalue weighted by atomic mass is 10.1. The first kappa shape index (κ1) is 18.3. The molecule has 0 bridgehead atoms. The van der Waals surface area contributed by atoms with Gasteiger partial charge in [-0.25, -0.2) is 4.79 Å². The third-order valence-electron chi connectivity index (χ3n) is 4.23. The summed E-state index contributed by atoms with van der Waals surface area (Å²) in [5, 5.41) is 13.7. The van der Waals surface area contributed by atoms with Gasteiger partial charge in [-0.15, -0.1) is 0 Å². The van der Waals surface area contributed by atoms with Gasteiger partial charge in [-0.2, -0.15) is 0 Å². The predicted octanol–water partition coefficient (Wildman–Crippen LogP) is 2.56. The van der Waals surface area contributed by atoms with Gasteiger partial charge < -0.3 is 9.73 Å². The molecule has 0 fully saturated rings. The normalized spacial score (nSPS) is 12.0. The standard InChI is InChI=1S/C18H18N4O5/c1-12(13-6-8-19-9-7-13)20-17(23)3-2-10-21-15-5-4-14(22(25)26)11-16(15)27-18(21)24/h4-9,11-12H,2-3,10H2,1H3,(H,20,23). The molecule has 1 amide bonds. The molecule has 0 saturated heterocycles. The Labute approximate surface area is 153 Å². The minimum absolute atomic E-state index is 0.129. The fourth-order valence-corrected chi connectivity index (χ4v) is 2.83. The number of nitro groups is 1. The first-order valence-electron chi connectivity index (χ1n) is 8.43. The Bertz CT molecular complexity index is 1030. The van der Waals surface area contributed by atoms with Gasteiger partial charge >= 0.3 is 5.76 Å². The van der Waals surface area contributed by atoms with E-state index in [2.05, 4.69) is 10.3 Å². The van der Waals surface area contributed by atoms with Crippen molar-refractivity contribution in [2.75, 3.05) is 0 Å². The highest BCUT2D eigenvalue weighted by Gasteiger charge is 2.15. The van der Waals surface area contributed by atoms with Crippen molar-refractivity contribution in [3.8, 4) is 0 Å². The molecule has 140 valence electrons. The first-order valence-corrected chi connectivity index (χ1v) is 8.43. The number of nitrogens with zero attached hydrogens (tertiary/aromatic N) is 3. The summed E-state index contributed by atoms with van der Waals surface area (Å²) in [5.74, 6) is -0.730. The average molecular weight is 370 g/mol. The molecule has 0 aliphatic heterocycles. The van der Waals surface area contributed by atoms with Crippen LogP contribution in [0.3, 0.4) is 0 Å². The first-order chi connectivity index (χ1) is 13.0. The second-order valence-corrected chi connectivity index (χ2v) is 6.10. The van der Waals surface area contributed by atoms with E-state index in [1.807, 2.05) is 19.1 Å². The lowest BCUT2D eigenvalue weighted by Gasteiger charge is -2.14. The number of nitrogens with one attached hydrogen (secondary N) is 1. The maximum absolute atomic E-state index is 12.1. The van der Waals surface area contributed by atoms with Crippen molar-refractivity contribution >= 4 is 22.7 Å². The number of nitro benzene ring substituents is 1. The van der Waals surface area contributed by atoms with Crippen LogP contribution in [0.15, 0.2) is 51.9 Å². The molecule has 9 heteroatoms. The highest BCUT2D eigenvalue weighted by molar-refractivity contribution is 5.77. The Kier molecular flexibility index (Phi) is 5.30. The number of hydrogen-bond acceptors (Lipinski definition) is 6. The molecule has 27 heavy (non-hydrogen) atoms. The van der Waals surface area contributed by atoms with Gasteiger partial charge in [0, 0.05) is 31.4 Å². The fourth-order valence-electron chi connectivity index (χ4n) is 2.83. The number of pyridine rings is 1. The molecular formula is C18H18N4O5. The van der Waals surface area contributed by atoms with Crippen molar-refractivity contribution in [1.82, 2.24) is 14.9 Å². The van der Waals surface area contributed by atoms with Gasteiger partial charge in [0.1, 0.15) is 0 Å². The molecule has 2 heterocycles. The van der Waals surface area contributed by atoms with Crippen LogP contribution in [0.25, 0.3) is 11.1 Å². The Morgan fingerprint density at radius 3 is 2.78 bits per heavy atom. The molecule has 0 aliphatic carbocycles. The summed E-state index contributed by atoms with van der Waals surface area (Å²) in [6, 6.07) is 7.54. The van der Waals surface area contributed by atoms with Gasteiger partial charge in [-0.3, -0.25) is 24.5 Å². The molecule has 2 aromatic heterocycles. The quantitative estimate of drug-likeness (QED) is 0.504. The predicted molar refractivity (Wildman–Crippen MR) is 97.2 cm³/mol. The van der Waals surface area contributed by atoms with Crippen molar-refractivity contribution in [1.29, 1.82) is 0 Å². The number of hydrogen-bond donors (Lipinski definition) is 1. The number of non-ortho nitro benzene ring substituents is 1. The fraction of sp³-hybridized carbons (Fsp3) is 0.278. The van der Waals surface area contributed by atoms with Crippen LogP contribution in [0.5, 0.6) is 0 Å². The molecule has 1 atom stereocenters. The maximum atomic E-state index is 12.1. The monoisotopic (exact) mass is 370 g/mol. The molecule has 3 rings (SSSR count). The molecule has 1 unspecified atom stereocenters. The molecule has 1 aromatic carbocycles. The molecular weight excluding hydrogens is 352 g/mol. The Balaban J connectivity index is 1.60. The summed E-state index contributed by atoms with van der Waals surface area (Å²) in [7, 11) is 0. The highest BCUT2D eigenvalue weighted by atomic mass is 16.6. The second kappa shape index (κ2) is 7.81. The third kappa shape index (κ3) is 4.20. The zero-order valence-electron chi connectivity index (χ0n) is 14.6. The van der Waals surface area contributed by atoms with Gasteiger partial charge in [0.05, 0.1) is 22.5 Å². The molecule has 0 radical (unpaired) electrons. The topological polar surface area (TPSA) is 120 Å². The summed E-state index contributed by atoms with van der Waals surface area (Å²) in [5.41, 5.74) is 1.44. The SMILES string of the molecule is CC(NC(=O)CCCn1c(=O)oc2cc([N+](=O)[O-])ccc21)c1ccncc1. The van der Waals surface area contributed by atoms with Crippen molar-refractivity contribution in [3.05, 3.63) is 69.0 Å². The summed E-state index contributed by atoms with van der Waals surface area (Å²) >= 11 is 0. The number of oxazole rings is 1. The minimum Gasteiger partial charge on any atom is -0.407 e. The summed E-state index contributed by atoms with van der Waals surface area (Å²) in [6.45, 7) is 2.16. The zero-order chi connectivity index (χ0) is 19.4. The smallest absolute Gasteiger partial charge is 0.407 e. The van der Waals surface area contributed by atoms with Gasteiger partial charge in [0.25, 0.3) is 5.69 Å². The lowest BCUT2D eigenvalue weighted by molar-refractivity contribution is -0.384. The van der Waals surface area contributed by atoms with Crippen LogP contribution in [-0.2, 0) is 11.3 Å². The molecule has 0 aliphatic rings. The maximum Gasteiger partial charge on any atom is 0.419 e. The van der Waals surface area contributed by atoms with Crippen molar-refractivity contribution < 1.29 is 14.1 Å². The number of rotatable bonds is 7. The number of carbonyl (C=O) groups is 1. The Hall–Kier alpha value is -3.49. The molecule has 0 saturated carbocycles. The van der Waals surface area contributed by atoms with Crippen LogP contribution in [-0.4, -0.2) is 20.4 Å². The summed E-state index contributed by atoms with van der Waals surface area (Å²) in [4.78, 5) is 38.3. The second-order valence-electron chi connectivity index (χ2n) is 6.10. The van der Waals surface area contributed by atoms with Gasteiger partial charge in [-0.1, -0.05) is 0 Å². The molecule has 9 nitrogen and oxygen atoms in total. The molecule has 0 spiro atoms. The van der Waals surface area contributed by atoms with Crippen molar-refractivity contribution in [2.45, 2.75) is 32.4 Å². The lowest BCUT2D eigenvalue weighted by Crippen LogP contribution is -2.27. The van der Waals surface area contributed by atoms with Crippen molar-refractivity contribution in [2.24, 2.45) is 0 Å². The number of fused-ring (bicyclic) bond motifs is 1. The summed E-state index contributed by atoms with van der Waals surface area (Å²) in [6.07, 6.45) is 4.00. The van der Waals surface area contributed by atoms with E-state index in [0.717, 1.165) is 5.56 Å². The van der Waals surface area contributed by atoms with E-state index in [0.29, 0.717) is 11.9 Å². The van der Waals surface area contributed by atoms with Crippen molar-refractivity contribution in [3.63, 3.8) is 0 Å². The average Bonchev–Trinajstić information content (AvgIpc) is 2.97. The minimum atomic E-state index is -0.601. The largest absolute Gasteiger partial charge is 0.419 e. The van der Waals surface area contributed by atoms with E-state index < -0.39 is 10.7 Å². The van der Waals surface area contributed by atoms with E-state index >= 15 is 0 Å². The van der Waals surface area contributed by atoms with E-state index in [4.69, 9.17) is 4.42 Å². The van der Waals surface area contributed by atoms with Gasteiger partial charge in [0.2, 0.25) is 5.91 Å². The van der Waals surface area contributed by atoms with Crippen LogP contribution < -0.4 is 11.1 Å². The number of amides is 1. The van der Waals surface area contributed by atoms with E-state index in [1.165, 1.54) is 22.8 Å². The van der Waals surface area contributed by atoms with E-state index in [1.54, 1.807) is 12.4 Å². The van der Waals surface area contributed by atoms with Gasteiger partial charge in [0.15, 0.2) is 5.58 Å². The zero-order valence-corrected chi connectivity index (χ0v) is 14.6. The number of carbonyl (C=O) groups excluding carboxylic acids is 1. The molecule has 3 aromatic rings. The summed E-state index contributed by atoms with van der Waals surface area (Å²) < 4.78 is 6.44. The van der Waals surface area contributed by atoms with Crippen LogP contribution in [0, 0.1) is 10.1 Å². The van der Waals surface area contributed by atoms with Crippen LogP contribution >= 0.6 is 0 Å². The van der Waals surface area contributed by atoms with Crippen LogP contribution in [0.1, 0.15) is 31.4 Å². The Morgan fingerprint density at radius 1 is 1.33 bits per heavy atom. The van der Waals surface area contributed by atoms with Crippen LogP contribution in [0.4, 0.5) is 5.69 Å².